The molecule has 15 heavy (non-hydrogen) atoms. The SMILES string of the molecule is CCC(CN=O)CN1C2CCC1COC2. The molecule has 2 saturated heterocycles. The molecule has 3 atom stereocenters. The molecule has 0 radical (unpaired) electrons. The first-order valence-electron chi connectivity index (χ1n) is 5.97. The second-order valence-electron chi connectivity index (χ2n) is 4.71. The largest absolute Gasteiger partial charge is 0.378 e. The Morgan fingerprint density at radius 3 is 2.60 bits per heavy atom. The Labute approximate surface area is 90.9 Å². The summed E-state index contributed by atoms with van der Waals surface area (Å²) in [5.74, 6) is 0.434. The highest BCUT2D eigenvalue weighted by molar-refractivity contribution is 4.91. The highest BCUT2D eigenvalue weighted by Gasteiger charge is 2.37. The molecule has 0 aliphatic carbocycles. The number of fused-ring (bicyclic) bond motifs is 2. The maximum atomic E-state index is 10.3. The molecule has 0 N–H and O–H groups in total. The third-order valence-electron chi connectivity index (χ3n) is 3.77. The number of ether oxygens (including phenoxy) is 1. The van der Waals surface area contributed by atoms with Gasteiger partial charge in [-0.25, -0.2) is 0 Å². The van der Waals surface area contributed by atoms with Gasteiger partial charge in [-0.05, 0) is 18.8 Å². The smallest absolute Gasteiger partial charge is 0.0851 e. The topological polar surface area (TPSA) is 41.9 Å². The molecule has 0 aromatic carbocycles. The molecule has 0 aromatic rings. The first-order valence-corrected chi connectivity index (χ1v) is 5.97. The van der Waals surface area contributed by atoms with Crippen LogP contribution in [0.25, 0.3) is 0 Å². The second kappa shape index (κ2) is 5.03. The van der Waals surface area contributed by atoms with E-state index in [9.17, 15) is 4.91 Å². The van der Waals surface area contributed by atoms with Gasteiger partial charge in [0.2, 0.25) is 0 Å². The Hall–Kier alpha value is -0.480. The molecule has 2 aliphatic heterocycles. The van der Waals surface area contributed by atoms with Crippen molar-refractivity contribution in [2.75, 3.05) is 26.3 Å². The number of hydrogen-bond donors (Lipinski definition) is 0. The molecular formula is C11H20N2O2. The zero-order valence-electron chi connectivity index (χ0n) is 9.39. The van der Waals surface area contributed by atoms with E-state index in [0.717, 1.165) is 26.2 Å². The molecule has 0 aromatic heterocycles. The lowest BCUT2D eigenvalue weighted by molar-refractivity contribution is -0.0210. The molecule has 4 nitrogen and oxygen atoms in total. The zero-order valence-corrected chi connectivity index (χ0v) is 9.39. The Morgan fingerprint density at radius 1 is 1.40 bits per heavy atom. The Balaban J connectivity index is 1.90. The number of rotatable bonds is 5. The van der Waals surface area contributed by atoms with Crippen molar-refractivity contribution in [2.24, 2.45) is 11.1 Å². The highest BCUT2D eigenvalue weighted by Crippen LogP contribution is 2.29. The fourth-order valence-corrected chi connectivity index (χ4v) is 2.73. The van der Waals surface area contributed by atoms with Crippen LogP contribution in [0.1, 0.15) is 26.2 Å². The fourth-order valence-electron chi connectivity index (χ4n) is 2.73. The number of nitrogens with zero attached hydrogens (tertiary/aromatic N) is 2. The molecule has 2 heterocycles. The summed E-state index contributed by atoms with van der Waals surface area (Å²) >= 11 is 0. The first-order chi connectivity index (χ1) is 7.35. The second-order valence-corrected chi connectivity index (χ2v) is 4.71. The van der Waals surface area contributed by atoms with Crippen molar-refractivity contribution in [1.29, 1.82) is 0 Å². The van der Waals surface area contributed by atoms with E-state index in [1.807, 2.05) is 0 Å². The standard InChI is InChI=1S/C11H20N2O2/c1-2-9(5-12-14)6-13-10-3-4-11(13)8-15-7-10/h9-11H,2-8H2,1H3. The molecule has 2 bridgehead atoms. The average Bonchev–Trinajstić information content (AvgIpc) is 2.51. The number of morpholine rings is 1. The molecule has 4 heteroatoms. The molecular weight excluding hydrogens is 192 g/mol. The van der Waals surface area contributed by atoms with Gasteiger partial charge in [-0.15, -0.1) is 0 Å². The third kappa shape index (κ3) is 2.37. The minimum atomic E-state index is 0.434. The van der Waals surface area contributed by atoms with Gasteiger partial charge in [-0.3, -0.25) is 4.90 Å². The maximum Gasteiger partial charge on any atom is 0.0851 e. The molecule has 2 aliphatic rings. The van der Waals surface area contributed by atoms with Crippen LogP contribution in [-0.4, -0.2) is 43.3 Å². The van der Waals surface area contributed by atoms with E-state index in [1.54, 1.807) is 0 Å². The van der Waals surface area contributed by atoms with Crippen LogP contribution >= 0.6 is 0 Å². The molecule has 3 unspecified atom stereocenters. The van der Waals surface area contributed by atoms with E-state index >= 15 is 0 Å². The summed E-state index contributed by atoms with van der Waals surface area (Å²) in [7, 11) is 0. The van der Waals surface area contributed by atoms with Gasteiger partial charge < -0.3 is 4.74 Å². The quantitative estimate of drug-likeness (QED) is 0.651. The van der Waals surface area contributed by atoms with E-state index in [-0.39, 0.29) is 0 Å². The van der Waals surface area contributed by atoms with Crippen molar-refractivity contribution >= 4 is 0 Å². The van der Waals surface area contributed by atoms with Gasteiger partial charge >= 0.3 is 0 Å². The van der Waals surface area contributed by atoms with Crippen LogP contribution in [0.15, 0.2) is 5.18 Å². The van der Waals surface area contributed by atoms with Crippen molar-refractivity contribution in [3.8, 4) is 0 Å². The summed E-state index contributed by atoms with van der Waals surface area (Å²) in [6, 6.07) is 1.20. The van der Waals surface area contributed by atoms with E-state index in [1.165, 1.54) is 12.8 Å². The Morgan fingerprint density at radius 2 is 2.07 bits per heavy atom. The van der Waals surface area contributed by atoms with Crippen LogP contribution in [0.5, 0.6) is 0 Å². The molecule has 0 amide bonds. The van der Waals surface area contributed by atoms with E-state index < -0.39 is 0 Å². The lowest BCUT2D eigenvalue weighted by atomic mass is 10.1. The van der Waals surface area contributed by atoms with Gasteiger partial charge in [0.05, 0.1) is 19.8 Å². The highest BCUT2D eigenvalue weighted by atomic mass is 16.5. The van der Waals surface area contributed by atoms with Gasteiger partial charge in [-0.2, -0.15) is 4.91 Å². The summed E-state index contributed by atoms with van der Waals surface area (Å²) in [5.41, 5.74) is 0. The van der Waals surface area contributed by atoms with Crippen molar-refractivity contribution in [2.45, 2.75) is 38.3 Å². The Kier molecular flexibility index (Phi) is 3.70. The fraction of sp³-hybridized carbons (Fsp3) is 1.00. The summed E-state index contributed by atoms with van der Waals surface area (Å²) in [6.07, 6.45) is 3.56. The van der Waals surface area contributed by atoms with Crippen molar-refractivity contribution < 1.29 is 4.74 Å². The minimum absolute atomic E-state index is 0.434. The van der Waals surface area contributed by atoms with Crippen LogP contribution in [0.3, 0.4) is 0 Å². The van der Waals surface area contributed by atoms with Crippen LogP contribution in [0.2, 0.25) is 0 Å². The number of nitroso groups, excluding NO2 is 1. The van der Waals surface area contributed by atoms with Crippen molar-refractivity contribution in [3.63, 3.8) is 0 Å². The van der Waals surface area contributed by atoms with Crippen LogP contribution in [0, 0.1) is 10.8 Å². The average molecular weight is 212 g/mol. The van der Waals surface area contributed by atoms with E-state index in [4.69, 9.17) is 4.74 Å². The third-order valence-corrected chi connectivity index (χ3v) is 3.77. The first kappa shape index (κ1) is 11.0. The maximum absolute atomic E-state index is 10.3. The van der Waals surface area contributed by atoms with Crippen molar-refractivity contribution in [1.82, 2.24) is 4.90 Å². The summed E-state index contributed by atoms with van der Waals surface area (Å²) in [6.45, 7) is 5.38. The monoisotopic (exact) mass is 212 g/mol. The molecule has 2 fully saturated rings. The van der Waals surface area contributed by atoms with Crippen LogP contribution in [-0.2, 0) is 4.74 Å². The normalized spacial score (nSPS) is 32.9. The predicted octanol–water partition coefficient (Wildman–Crippen LogP) is 1.64. The van der Waals surface area contributed by atoms with Gasteiger partial charge in [-0.1, -0.05) is 18.5 Å². The van der Waals surface area contributed by atoms with Crippen molar-refractivity contribution in [3.05, 3.63) is 4.91 Å². The molecule has 0 saturated carbocycles. The van der Waals surface area contributed by atoms with Gasteiger partial charge in [0.15, 0.2) is 0 Å². The van der Waals surface area contributed by atoms with E-state index in [2.05, 4.69) is 17.0 Å². The lowest BCUT2D eigenvalue weighted by Crippen LogP contribution is -2.48. The molecule has 2 rings (SSSR count). The van der Waals surface area contributed by atoms with Crippen LogP contribution in [0.4, 0.5) is 0 Å². The summed E-state index contributed by atoms with van der Waals surface area (Å²) in [4.78, 5) is 12.8. The summed E-state index contributed by atoms with van der Waals surface area (Å²) in [5, 5.41) is 3.03. The van der Waals surface area contributed by atoms with Crippen LogP contribution < -0.4 is 0 Å². The number of hydrogen-bond acceptors (Lipinski definition) is 4. The molecule has 0 spiro atoms. The predicted molar refractivity (Wildman–Crippen MR) is 58.8 cm³/mol. The molecule has 86 valence electrons. The minimum Gasteiger partial charge on any atom is -0.378 e. The van der Waals surface area contributed by atoms with Gasteiger partial charge in [0.25, 0.3) is 0 Å². The lowest BCUT2D eigenvalue weighted by Gasteiger charge is -2.36. The van der Waals surface area contributed by atoms with E-state index in [0.29, 0.717) is 24.5 Å². The summed E-state index contributed by atoms with van der Waals surface area (Å²) < 4.78 is 5.54. The zero-order chi connectivity index (χ0) is 10.7. The van der Waals surface area contributed by atoms with Gasteiger partial charge in [0, 0.05) is 18.6 Å². The van der Waals surface area contributed by atoms with Gasteiger partial charge in [0.1, 0.15) is 0 Å². The Bertz CT molecular complexity index is 207.